The Balaban J connectivity index is 1.42. The van der Waals surface area contributed by atoms with Crippen LogP contribution in [0, 0.1) is 0 Å². The third-order valence-electron chi connectivity index (χ3n) is 8.35. The van der Waals surface area contributed by atoms with E-state index in [1.54, 1.807) is 0 Å². The monoisotopic (exact) mass is 520 g/mol. The maximum atomic E-state index is 2.45. The third kappa shape index (κ3) is 3.12. The van der Waals surface area contributed by atoms with Crippen LogP contribution in [-0.2, 0) is 13.3 Å². The normalized spacial score (nSPS) is 12.9. The van der Waals surface area contributed by atoms with Gasteiger partial charge in [0.05, 0.1) is 0 Å². The second-order valence-electron chi connectivity index (χ2n) is 10.3. The van der Waals surface area contributed by atoms with E-state index in [0.717, 1.165) is 0 Å². The van der Waals surface area contributed by atoms with Gasteiger partial charge < -0.3 is 0 Å². The zero-order chi connectivity index (χ0) is 25.4. The van der Waals surface area contributed by atoms with Crippen molar-refractivity contribution in [1.82, 2.24) is 0 Å². The molecule has 0 N–H and O–H groups in total. The lowest BCUT2D eigenvalue weighted by Crippen LogP contribution is -1.79. The van der Waals surface area contributed by atoms with Crippen molar-refractivity contribution in [3.8, 4) is 22.3 Å². The molecule has 0 aliphatic rings. The van der Waals surface area contributed by atoms with Gasteiger partial charge >= 0.3 is 0 Å². The molecule has 2 atom stereocenters. The van der Waals surface area contributed by atoms with Gasteiger partial charge in [0.2, 0.25) is 0 Å². The van der Waals surface area contributed by atoms with E-state index >= 15 is 0 Å². The first kappa shape index (κ1) is 22.2. The van der Waals surface area contributed by atoms with Gasteiger partial charge in [0.15, 0.2) is 0 Å². The Bertz CT molecular complexity index is 2020. The summed E-state index contributed by atoms with van der Waals surface area (Å²) in [6.45, 7) is 4.86. The van der Waals surface area contributed by atoms with Crippen molar-refractivity contribution in [3.63, 3.8) is 0 Å². The topological polar surface area (TPSA) is 0 Å². The summed E-state index contributed by atoms with van der Waals surface area (Å²) in [5.41, 5.74) is 5.22. The molecular formula is C36H26P2. The van der Waals surface area contributed by atoms with E-state index in [2.05, 4.69) is 135 Å². The molecule has 0 radical (unpaired) electrons. The molecular weight excluding hydrogens is 494 g/mol. The van der Waals surface area contributed by atoms with Gasteiger partial charge in [-0.1, -0.05) is 97.1 Å². The first-order chi connectivity index (χ1) is 18.7. The summed E-state index contributed by atoms with van der Waals surface area (Å²) in [4.78, 5) is 0. The van der Waals surface area contributed by atoms with E-state index in [1.807, 2.05) is 0 Å². The van der Waals surface area contributed by atoms with Crippen LogP contribution in [0.1, 0.15) is 0 Å². The van der Waals surface area contributed by atoms with Crippen LogP contribution >= 0.6 is 15.1 Å². The van der Waals surface area contributed by atoms with Crippen molar-refractivity contribution < 1.29 is 0 Å². The highest BCUT2D eigenvalue weighted by molar-refractivity contribution is 7.60. The Morgan fingerprint density at radius 1 is 0.342 bits per heavy atom. The average molecular weight is 521 g/mol. The molecule has 2 heterocycles. The number of rotatable bonds is 2. The maximum absolute atomic E-state index is 2.45. The quantitative estimate of drug-likeness (QED) is 0.213. The van der Waals surface area contributed by atoms with Crippen molar-refractivity contribution in [2.45, 2.75) is 0 Å². The van der Waals surface area contributed by atoms with Gasteiger partial charge in [0, 0.05) is 31.2 Å². The second-order valence-corrected chi connectivity index (χ2v) is 14.5. The zero-order valence-corrected chi connectivity index (χ0v) is 23.2. The molecule has 2 aromatic heterocycles. The van der Waals surface area contributed by atoms with Crippen LogP contribution in [0.2, 0.25) is 0 Å². The number of benzene rings is 6. The minimum Gasteiger partial charge on any atom is -0.112 e. The summed E-state index contributed by atoms with van der Waals surface area (Å²) in [6.07, 6.45) is 0. The lowest BCUT2D eigenvalue weighted by molar-refractivity contribution is 1.66. The van der Waals surface area contributed by atoms with Crippen LogP contribution in [0.25, 0.3) is 75.0 Å². The predicted octanol–water partition coefficient (Wildman–Crippen LogP) is 11.8. The first-order valence-electron chi connectivity index (χ1n) is 13.2. The third-order valence-corrected chi connectivity index (χ3v) is 12.7. The zero-order valence-electron chi connectivity index (χ0n) is 21.4. The molecule has 0 spiro atoms. The molecule has 0 fully saturated rings. The van der Waals surface area contributed by atoms with Gasteiger partial charge in [-0.05, 0) is 81.4 Å². The van der Waals surface area contributed by atoms with E-state index in [1.165, 1.54) is 75.0 Å². The van der Waals surface area contributed by atoms with Crippen molar-refractivity contribution in [2.24, 2.45) is 13.3 Å². The standard InChI is InChI=1S/C36H26P2/c1-37-31-19-17-28-27(35(31)29-15-13-25(21-33(29)37)23-9-5-3-6-10-23)18-20-32-36(28)30-16-14-26(22-34(30)38(32)2)24-11-7-4-8-12-24/h3-22H,1-2H3. The van der Waals surface area contributed by atoms with E-state index < -0.39 is 0 Å². The Kier molecular flexibility index (Phi) is 4.87. The summed E-state index contributed by atoms with van der Waals surface area (Å²) in [6, 6.07) is 45.5. The summed E-state index contributed by atoms with van der Waals surface area (Å²) < 4.78 is 0. The largest absolute Gasteiger partial charge is 0.112 e. The fourth-order valence-electron chi connectivity index (χ4n) is 6.43. The van der Waals surface area contributed by atoms with Gasteiger partial charge in [-0.25, -0.2) is 0 Å². The highest BCUT2D eigenvalue weighted by Crippen LogP contribution is 2.54. The molecule has 0 aliphatic heterocycles. The van der Waals surface area contributed by atoms with E-state index in [-0.39, 0.29) is 15.1 Å². The number of hydrogen-bond acceptors (Lipinski definition) is 0. The summed E-state index contributed by atoms with van der Waals surface area (Å²) in [5.74, 6) is 0. The number of hydrogen-bond donors (Lipinski definition) is 0. The molecule has 8 rings (SSSR count). The van der Waals surface area contributed by atoms with Gasteiger partial charge in [0.1, 0.15) is 0 Å². The fourth-order valence-corrected chi connectivity index (χ4v) is 10.5. The van der Waals surface area contributed by atoms with Crippen LogP contribution in [0.15, 0.2) is 121 Å². The minimum absolute atomic E-state index is 0.370. The fraction of sp³-hybridized carbons (Fsp3) is 0.0556. The van der Waals surface area contributed by atoms with Crippen LogP contribution < -0.4 is 0 Å². The lowest BCUT2D eigenvalue weighted by atomic mass is 9.98. The highest BCUT2D eigenvalue weighted by Gasteiger charge is 2.17. The smallest absolute Gasteiger partial charge is 0.00276 e. The van der Waals surface area contributed by atoms with Gasteiger partial charge in [-0.15, -0.1) is 15.1 Å². The molecule has 0 saturated carbocycles. The molecule has 0 bridgehead atoms. The van der Waals surface area contributed by atoms with Gasteiger partial charge in [-0.3, -0.25) is 0 Å². The molecule has 0 nitrogen and oxygen atoms in total. The summed E-state index contributed by atoms with van der Waals surface area (Å²) in [5, 5.41) is 14.6. The van der Waals surface area contributed by atoms with Crippen LogP contribution in [0.4, 0.5) is 0 Å². The van der Waals surface area contributed by atoms with Crippen molar-refractivity contribution in [2.75, 3.05) is 0 Å². The molecule has 6 aromatic carbocycles. The lowest BCUT2D eigenvalue weighted by Gasteiger charge is -2.06. The number of fused-ring (bicyclic) bond motifs is 9. The van der Waals surface area contributed by atoms with Crippen LogP contribution in [0.5, 0.6) is 0 Å². The van der Waals surface area contributed by atoms with Gasteiger partial charge in [-0.2, -0.15) is 0 Å². The Hall–Kier alpha value is -3.82. The molecule has 0 aliphatic carbocycles. The first-order valence-corrected chi connectivity index (χ1v) is 16.7. The second kappa shape index (κ2) is 8.34. The Labute approximate surface area is 224 Å². The molecule has 38 heavy (non-hydrogen) atoms. The molecule has 180 valence electrons. The Morgan fingerprint density at radius 2 is 0.737 bits per heavy atom. The van der Waals surface area contributed by atoms with Crippen molar-refractivity contribution >= 4 is 67.9 Å². The van der Waals surface area contributed by atoms with Crippen molar-refractivity contribution in [1.29, 1.82) is 0 Å². The minimum atomic E-state index is -0.370. The van der Waals surface area contributed by atoms with Crippen LogP contribution in [0.3, 0.4) is 0 Å². The average Bonchev–Trinajstić information content (AvgIpc) is 3.44. The Morgan fingerprint density at radius 3 is 1.16 bits per heavy atom. The highest BCUT2D eigenvalue weighted by atomic mass is 31.1. The van der Waals surface area contributed by atoms with E-state index in [0.29, 0.717) is 0 Å². The molecule has 8 aromatic rings. The van der Waals surface area contributed by atoms with Gasteiger partial charge in [0.25, 0.3) is 0 Å². The maximum Gasteiger partial charge on any atom is 0.00276 e. The number of aryl methyl sites for hydroxylation is 2. The molecule has 0 saturated heterocycles. The predicted molar refractivity (Wildman–Crippen MR) is 172 cm³/mol. The molecule has 0 amide bonds. The summed E-state index contributed by atoms with van der Waals surface area (Å²) >= 11 is 0. The van der Waals surface area contributed by atoms with E-state index in [4.69, 9.17) is 0 Å². The SMILES string of the molecule is Cp1c2cc(-c3ccccc3)ccc2c2c3ccc4c(c3ccc21)c1ccc(-c2ccccc2)cc1p4C. The van der Waals surface area contributed by atoms with Crippen LogP contribution in [-0.4, -0.2) is 0 Å². The molecule has 2 heteroatoms. The van der Waals surface area contributed by atoms with E-state index in [9.17, 15) is 0 Å². The van der Waals surface area contributed by atoms with Crippen molar-refractivity contribution in [3.05, 3.63) is 121 Å². The summed E-state index contributed by atoms with van der Waals surface area (Å²) in [7, 11) is -0.740. The molecule has 2 unspecified atom stereocenters.